The van der Waals surface area contributed by atoms with Crippen LogP contribution in [0.15, 0.2) is 65.8 Å². The van der Waals surface area contributed by atoms with Gasteiger partial charge in [-0.25, -0.2) is 4.79 Å². The van der Waals surface area contributed by atoms with Crippen LogP contribution in [0.5, 0.6) is 17.2 Å². The van der Waals surface area contributed by atoms with Crippen LogP contribution in [0, 0.1) is 0 Å². The number of nitrogens with one attached hydrogen (secondary N) is 1. The Kier molecular flexibility index (Phi) is 8.30. The molecule has 1 aliphatic heterocycles. The van der Waals surface area contributed by atoms with E-state index >= 15 is 0 Å². The molecule has 1 unspecified atom stereocenters. The Balaban J connectivity index is 1.50. The van der Waals surface area contributed by atoms with Crippen LogP contribution in [-0.4, -0.2) is 55.9 Å². The van der Waals surface area contributed by atoms with Crippen molar-refractivity contribution < 1.29 is 46.9 Å². The predicted octanol–water partition coefficient (Wildman–Crippen LogP) is 6.05. The number of carboxylic acids is 1. The molecule has 0 radical (unpaired) electrons. The van der Waals surface area contributed by atoms with Gasteiger partial charge < -0.3 is 34.4 Å². The summed E-state index contributed by atoms with van der Waals surface area (Å²) in [6.45, 7) is 3.03. The molecule has 0 saturated heterocycles. The SMILES string of the molecule is COc1ccc(C(Nc2cc(C=NOC(C)(C)C(=O)O)cc(OC)c2)C(=O)N2CC3(CC3)c3ccc(OC(F)(F)F)cc32)cc1. The van der Waals surface area contributed by atoms with Crippen LogP contribution in [-0.2, 0) is 19.8 Å². The van der Waals surface area contributed by atoms with Gasteiger partial charge in [-0.05, 0) is 68.1 Å². The molecule has 1 fully saturated rings. The summed E-state index contributed by atoms with van der Waals surface area (Å²) in [5, 5.41) is 16.4. The number of hydrogen-bond acceptors (Lipinski definition) is 8. The Labute approximate surface area is 257 Å². The summed E-state index contributed by atoms with van der Waals surface area (Å²) < 4.78 is 54.1. The fraction of sp³-hybridized carbons (Fsp3) is 0.344. The molecule has 2 N–H and O–H groups in total. The number of benzene rings is 3. The minimum Gasteiger partial charge on any atom is -0.497 e. The van der Waals surface area contributed by atoms with E-state index in [0.717, 1.165) is 18.4 Å². The van der Waals surface area contributed by atoms with Crippen molar-refractivity contribution in [1.82, 2.24) is 0 Å². The lowest BCUT2D eigenvalue weighted by atomic mass is 9.99. The normalized spacial score (nSPS) is 15.8. The lowest BCUT2D eigenvalue weighted by Crippen LogP contribution is -2.38. The predicted molar refractivity (Wildman–Crippen MR) is 159 cm³/mol. The summed E-state index contributed by atoms with van der Waals surface area (Å²) in [5.74, 6) is -1.000. The zero-order valence-corrected chi connectivity index (χ0v) is 25.0. The maximum atomic E-state index is 14.4. The Morgan fingerprint density at radius 1 is 0.978 bits per heavy atom. The number of hydrogen-bond donors (Lipinski definition) is 2. The number of fused-ring (bicyclic) bond motifs is 2. The first-order chi connectivity index (χ1) is 21.2. The molecule has 1 saturated carbocycles. The Bertz CT molecular complexity index is 1620. The van der Waals surface area contributed by atoms with Crippen LogP contribution in [0.25, 0.3) is 0 Å². The van der Waals surface area contributed by atoms with Gasteiger partial charge in [0.25, 0.3) is 5.91 Å². The average Bonchev–Trinajstić information content (AvgIpc) is 3.70. The molecule has 2 aliphatic rings. The highest BCUT2D eigenvalue weighted by Crippen LogP contribution is 2.57. The number of rotatable bonds is 11. The number of carboxylic acid groups (broad SMARTS) is 1. The molecule has 1 spiro atoms. The molecule has 1 atom stereocenters. The first-order valence-electron chi connectivity index (χ1n) is 14.0. The molecule has 3 aromatic carbocycles. The molecule has 0 bridgehead atoms. The topological polar surface area (TPSA) is 119 Å². The molecule has 238 valence electrons. The second kappa shape index (κ2) is 11.9. The number of anilines is 2. The van der Waals surface area contributed by atoms with Crippen molar-refractivity contribution in [3.63, 3.8) is 0 Å². The van der Waals surface area contributed by atoms with Gasteiger partial charge in [0.2, 0.25) is 5.60 Å². The third-order valence-electron chi connectivity index (χ3n) is 7.81. The minimum atomic E-state index is -4.88. The summed E-state index contributed by atoms with van der Waals surface area (Å²) in [6, 6.07) is 15.0. The number of carbonyl (C=O) groups is 2. The first-order valence-corrected chi connectivity index (χ1v) is 14.0. The highest BCUT2D eigenvalue weighted by Gasteiger charge is 2.54. The van der Waals surface area contributed by atoms with Gasteiger partial charge in [0, 0.05) is 35.3 Å². The third-order valence-corrected chi connectivity index (χ3v) is 7.81. The summed E-state index contributed by atoms with van der Waals surface area (Å²) in [5.41, 5.74) is 0.826. The number of aliphatic carboxylic acids is 1. The fourth-order valence-electron chi connectivity index (χ4n) is 5.19. The molecule has 13 heteroatoms. The standard InChI is InChI=1S/C32H32F3N3O7/c1-30(2,29(40)41)45-36-17-19-13-21(15-24(14-19)43-4)37-27(20-5-7-22(42-3)8-6-20)28(39)38-18-31(11-12-31)25-10-9-23(16-26(25)38)44-32(33,34)35/h5-10,13-17,27,37H,11-12,18H2,1-4H3,(H,40,41). The number of halogens is 3. The molecular formula is C32H32F3N3O7. The van der Waals surface area contributed by atoms with E-state index < -0.39 is 29.7 Å². The molecule has 1 aliphatic carbocycles. The molecule has 5 rings (SSSR count). The van der Waals surface area contributed by atoms with Gasteiger partial charge in [0.1, 0.15) is 23.3 Å². The van der Waals surface area contributed by atoms with Gasteiger partial charge in [-0.2, -0.15) is 0 Å². The van der Waals surface area contributed by atoms with Crippen molar-refractivity contribution in [3.8, 4) is 17.2 Å². The summed E-state index contributed by atoms with van der Waals surface area (Å²) in [4.78, 5) is 32.4. The number of ether oxygens (including phenoxy) is 3. The van der Waals surface area contributed by atoms with Crippen molar-refractivity contribution in [1.29, 1.82) is 0 Å². The average molecular weight is 628 g/mol. The maximum Gasteiger partial charge on any atom is 0.573 e. The van der Waals surface area contributed by atoms with Gasteiger partial charge >= 0.3 is 12.3 Å². The van der Waals surface area contributed by atoms with Crippen molar-refractivity contribution in [2.45, 2.75) is 50.1 Å². The zero-order valence-electron chi connectivity index (χ0n) is 25.0. The minimum absolute atomic E-state index is 0.310. The van der Waals surface area contributed by atoms with Gasteiger partial charge in [-0.3, -0.25) is 4.79 Å². The molecule has 1 amide bonds. The summed E-state index contributed by atoms with van der Waals surface area (Å²) >= 11 is 0. The second-order valence-corrected chi connectivity index (χ2v) is 11.4. The molecule has 0 aromatic heterocycles. The molecule has 10 nitrogen and oxygen atoms in total. The molecule has 45 heavy (non-hydrogen) atoms. The number of methoxy groups -OCH3 is 2. The largest absolute Gasteiger partial charge is 0.573 e. The van der Waals surface area contributed by atoms with Crippen molar-refractivity contribution in [3.05, 3.63) is 77.4 Å². The lowest BCUT2D eigenvalue weighted by molar-refractivity contribution is -0.274. The quantitative estimate of drug-likeness (QED) is 0.195. The Morgan fingerprint density at radius 3 is 2.24 bits per heavy atom. The monoisotopic (exact) mass is 627 g/mol. The van der Waals surface area contributed by atoms with Crippen LogP contribution in [0.3, 0.4) is 0 Å². The third kappa shape index (κ3) is 6.92. The number of amides is 1. The van der Waals surface area contributed by atoms with E-state index in [2.05, 4.69) is 15.2 Å². The van der Waals surface area contributed by atoms with E-state index in [4.69, 9.17) is 14.3 Å². The van der Waals surface area contributed by atoms with E-state index in [1.807, 2.05) is 0 Å². The molecule has 1 heterocycles. The van der Waals surface area contributed by atoms with Crippen molar-refractivity contribution >= 4 is 29.5 Å². The zero-order chi connectivity index (χ0) is 32.6. The Hall–Kier alpha value is -4.94. The maximum absolute atomic E-state index is 14.4. The van der Waals surface area contributed by atoms with Gasteiger partial charge in [-0.1, -0.05) is 23.4 Å². The number of alkyl halides is 3. The van der Waals surface area contributed by atoms with E-state index in [0.29, 0.717) is 40.5 Å². The lowest BCUT2D eigenvalue weighted by Gasteiger charge is -2.27. The fourth-order valence-corrected chi connectivity index (χ4v) is 5.19. The van der Waals surface area contributed by atoms with E-state index in [1.165, 1.54) is 51.3 Å². The van der Waals surface area contributed by atoms with Crippen LogP contribution in [0.2, 0.25) is 0 Å². The van der Waals surface area contributed by atoms with Gasteiger partial charge in [0.05, 0.1) is 26.1 Å². The summed E-state index contributed by atoms with van der Waals surface area (Å²) in [7, 11) is 2.99. The number of nitrogens with zero attached hydrogens (tertiary/aromatic N) is 2. The number of carbonyl (C=O) groups excluding carboxylic acids is 1. The van der Waals surface area contributed by atoms with Gasteiger partial charge in [0.15, 0.2) is 0 Å². The number of oxime groups is 1. The second-order valence-electron chi connectivity index (χ2n) is 11.4. The van der Waals surface area contributed by atoms with Crippen molar-refractivity contribution in [2.75, 3.05) is 31.0 Å². The highest BCUT2D eigenvalue weighted by molar-refractivity contribution is 6.02. The molecular weight excluding hydrogens is 595 g/mol. The van der Waals surface area contributed by atoms with E-state index in [9.17, 15) is 27.9 Å². The van der Waals surface area contributed by atoms with Crippen LogP contribution in [0.4, 0.5) is 24.5 Å². The smallest absolute Gasteiger partial charge is 0.497 e. The summed E-state index contributed by atoms with van der Waals surface area (Å²) in [6.07, 6.45) is -1.95. The van der Waals surface area contributed by atoms with Crippen LogP contribution in [0.1, 0.15) is 49.4 Å². The molecule has 3 aromatic rings. The van der Waals surface area contributed by atoms with Gasteiger partial charge in [-0.15, -0.1) is 13.2 Å². The first kappa shape index (κ1) is 31.5. The highest BCUT2D eigenvalue weighted by atomic mass is 19.4. The van der Waals surface area contributed by atoms with E-state index in [-0.39, 0.29) is 11.3 Å². The van der Waals surface area contributed by atoms with Crippen molar-refractivity contribution in [2.24, 2.45) is 5.16 Å². The van der Waals surface area contributed by atoms with Crippen LogP contribution < -0.4 is 24.4 Å². The van der Waals surface area contributed by atoms with E-state index in [1.54, 1.807) is 48.5 Å². The Morgan fingerprint density at radius 2 is 1.64 bits per heavy atom. The van der Waals surface area contributed by atoms with Crippen LogP contribution >= 0.6 is 0 Å².